The highest BCUT2D eigenvalue weighted by Crippen LogP contribution is 2.42. The molecule has 2 fully saturated rings. The second-order valence-electron chi connectivity index (χ2n) is 9.08. The molecular formula is C27H33N3O2. The number of carbonyl (C=O) groups excluding carboxylic acids is 1. The molecule has 0 aromatic heterocycles. The van der Waals surface area contributed by atoms with Gasteiger partial charge in [0, 0.05) is 48.3 Å². The van der Waals surface area contributed by atoms with Crippen LogP contribution in [0.25, 0.3) is 0 Å². The van der Waals surface area contributed by atoms with Crippen LogP contribution in [0.1, 0.15) is 43.7 Å². The highest BCUT2D eigenvalue weighted by molar-refractivity contribution is 5.89. The van der Waals surface area contributed by atoms with Gasteiger partial charge in [0.25, 0.3) is 0 Å². The van der Waals surface area contributed by atoms with E-state index in [2.05, 4.69) is 60.2 Å². The number of nitrogens with zero attached hydrogens (tertiary/aromatic N) is 2. The SMILES string of the molecule is CC(C)C#Cc1ccc([C@H]2[C@@H](CO)N3CCCCN(C(=O)Nc4ccccc4)C[C@H]23)cc1. The van der Waals surface area contributed by atoms with Crippen LogP contribution in [0.2, 0.25) is 0 Å². The van der Waals surface area contributed by atoms with Crippen LogP contribution in [0.3, 0.4) is 0 Å². The van der Waals surface area contributed by atoms with Gasteiger partial charge in [0.2, 0.25) is 0 Å². The molecule has 5 heteroatoms. The highest BCUT2D eigenvalue weighted by Gasteiger charge is 2.49. The maximum absolute atomic E-state index is 13.0. The molecule has 5 nitrogen and oxygen atoms in total. The predicted octanol–water partition coefficient (Wildman–Crippen LogP) is 4.15. The van der Waals surface area contributed by atoms with Crippen LogP contribution in [0.5, 0.6) is 0 Å². The summed E-state index contributed by atoms with van der Waals surface area (Å²) in [6, 6.07) is 18.3. The zero-order valence-corrected chi connectivity index (χ0v) is 19.0. The molecule has 2 aromatic carbocycles. The Balaban J connectivity index is 1.51. The Kier molecular flexibility index (Phi) is 7.14. The van der Waals surface area contributed by atoms with Gasteiger partial charge in [-0.05, 0) is 49.2 Å². The normalized spacial score (nSPS) is 23.2. The van der Waals surface area contributed by atoms with Crippen LogP contribution in [-0.2, 0) is 0 Å². The fraction of sp³-hybridized carbons (Fsp3) is 0.444. The van der Waals surface area contributed by atoms with Gasteiger partial charge in [-0.1, -0.05) is 56.0 Å². The molecule has 2 aliphatic heterocycles. The van der Waals surface area contributed by atoms with Crippen LogP contribution in [0.4, 0.5) is 10.5 Å². The van der Waals surface area contributed by atoms with Crippen LogP contribution < -0.4 is 5.32 Å². The summed E-state index contributed by atoms with van der Waals surface area (Å²) in [4.78, 5) is 17.3. The van der Waals surface area contributed by atoms with E-state index in [1.807, 2.05) is 35.2 Å². The Labute approximate surface area is 191 Å². The van der Waals surface area contributed by atoms with Gasteiger partial charge < -0.3 is 15.3 Å². The number of rotatable bonds is 3. The van der Waals surface area contributed by atoms with Crippen molar-refractivity contribution in [3.05, 3.63) is 65.7 Å². The van der Waals surface area contributed by atoms with Crippen molar-refractivity contribution in [1.82, 2.24) is 9.80 Å². The standard InChI is InChI=1S/C27H33N3O2/c1-20(2)10-11-21-12-14-22(15-13-21)26-24-18-29(16-6-7-17-30(24)25(26)19-31)27(32)28-23-8-4-3-5-9-23/h3-5,8-9,12-15,20,24-26,31H,6-7,16-19H2,1-2H3,(H,28,32)/t24-,25-,26-/m1/s1. The number of aliphatic hydroxyl groups is 1. The van der Waals surface area contributed by atoms with E-state index in [4.69, 9.17) is 0 Å². The maximum Gasteiger partial charge on any atom is 0.321 e. The van der Waals surface area contributed by atoms with Crippen LogP contribution in [-0.4, -0.2) is 59.3 Å². The number of aliphatic hydroxyl groups excluding tert-OH is 1. The summed E-state index contributed by atoms with van der Waals surface area (Å²) >= 11 is 0. The maximum atomic E-state index is 13.0. The van der Waals surface area contributed by atoms with E-state index in [1.165, 1.54) is 5.56 Å². The minimum atomic E-state index is -0.0523. The third-order valence-electron chi connectivity index (χ3n) is 6.48. The van der Waals surface area contributed by atoms with Crippen molar-refractivity contribution in [2.24, 2.45) is 5.92 Å². The number of amides is 2. The zero-order valence-electron chi connectivity index (χ0n) is 19.0. The fourth-order valence-electron chi connectivity index (χ4n) is 4.87. The molecule has 0 saturated carbocycles. The van der Waals surface area contributed by atoms with E-state index in [9.17, 15) is 9.90 Å². The molecule has 2 amide bonds. The summed E-state index contributed by atoms with van der Waals surface area (Å²) in [5.74, 6) is 6.98. The first-order chi connectivity index (χ1) is 15.6. The molecule has 2 heterocycles. The topological polar surface area (TPSA) is 55.8 Å². The van der Waals surface area contributed by atoms with Gasteiger partial charge in [-0.2, -0.15) is 0 Å². The number of nitrogens with one attached hydrogen (secondary N) is 1. The number of carbonyl (C=O) groups is 1. The molecule has 2 aliphatic rings. The Bertz CT molecular complexity index is 962. The van der Waals surface area contributed by atoms with E-state index >= 15 is 0 Å². The van der Waals surface area contributed by atoms with Crippen molar-refractivity contribution in [2.75, 3.05) is 31.6 Å². The predicted molar refractivity (Wildman–Crippen MR) is 129 cm³/mol. The minimum absolute atomic E-state index is 0.0523. The van der Waals surface area contributed by atoms with Gasteiger partial charge in [0.15, 0.2) is 0 Å². The molecule has 0 bridgehead atoms. The summed E-state index contributed by atoms with van der Waals surface area (Å²) < 4.78 is 0. The Morgan fingerprint density at radius 2 is 1.81 bits per heavy atom. The van der Waals surface area contributed by atoms with Crippen molar-refractivity contribution in [3.8, 4) is 11.8 Å². The second-order valence-corrected chi connectivity index (χ2v) is 9.08. The van der Waals surface area contributed by atoms with E-state index in [0.717, 1.165) is 37.2 Å². The lowest BCUT2D eigenvalue weighted by Crippen LogP contribution is -2.68. The monoisotopic (exact) mass is 431 g/mol. The van der Waals surface area contributed by atoms with Crippen molar-refractivity contribution in [3.63, 3.8) is 0 Å². The number of hydrogen-bond donors (Lipinski definition) is 2. The van der Waals surface area contributed by atoms with E-state index < -0.39 is 0 Å². The van der Waals surface area contributed by atoms with Crippen molar-refractivity contribution >= 4 is 11.7 Å². The molecule has 4 rings (SSSR count). The second kappa shape index (κ2) is 10.2. The number of anilines is 1. The number of urea groups is 1. The van der Waals surface area contributed by atoms with E-state index in [0.29, 0.717) is 12.5 Å². The first kappa shape index (κ1) is 22.4. The summed E-state index contributed by atoms with van der Waals surface area (Å²) in [5, 5.41) is 13.2. The third kappa shape index (κ3) is 4.98. The number of para-hydroxylation sites is 1. The lowest BCUT2D eigenvalue weighted by molar-refractivity contribution is -0.0585. The Morgan fingerprint density at radius 1 is 1.09 bits per heavy atom. The van der Waals surface area contributed by atoms with Gasteiger partial charge in [-0.3, -0.25) is 4.90 Å². The molecule has 3 atom stereocenters. The molecule has 2 saturated heterocycles. The van der Waals surface area contributed by atoms with Crippen LogP contribution >= 0.6 is 0 Å². The molecule has 2 N–H and O–H groups in total. The number of benzene rings is 2. The Hall–Kier alpha value is -2.81. The van der Waals surface area contributed by atoms with Gasteiger partial charge in [-0.15, -0.1) is 0 Å². The van der Waals surface area contributed by atoms with Crippen LogP contribution in [0.15, 0.2) is 54.6 Å². The van der Waals surface area contributed by atoms with Gasteiger partial charge in [-0.25, -0.2) is 4.79 Å². The van der Waals surface area contributed by atoms with E-state index in [1.54, 1.807) is 0 Å². The smallest absolute Gasteiger partial charge is 0.321 e. The average molecular weight is 432 g/mol. The van der Waals surface area contributed by atoms with E-state index in [-0.39, 0.29) is 30.6 Å². The molecule has 0 radical (unpaired) electrons. The Morgan fingerprint density at radius 3 is 2.50 bits per heavy atom. The first-order valence-electron chi connectivity index (χ1n) is 11.7. The number of fused-ring (bicyclic) bond motifs is 1. The van der Waals surface area contributed by atoms with Gasteiger partial charge in [0.05, 0.1) is 6.61 Å². The van der Waals surface area contributed by atoms with Crippen molar-refractivity contribution in [1.29, 1.82) is 0 Å². The zero-order chi connectivity index (χ0) is 22.5. The average Bonchev–Trinajstić information content (AvgIpc) is 2.78. The fourth-order valence-corrected chi connectivity index (χ4v) is 4.87. The molecular weight excluding hydrogens is 398 g/mol. The summed E-state index contributed by atoms with van der Waals surface area (Å²) in [6.45, 7) is 6.69. The summed E-state index contributed by atoms with van der Waals surface area (Å²) in [7, 11) is 0. The molecule has 0 spiro atoms. The third-order valence-corrected chi connectivity index (χ3v) is 6.48. The van der Waals surface area contributed by atoms with Crippen LogP contribution in [0, 0.1) is 17.8 Å². The van der Waals surface area contributed by atoms with Crippen molar-refractivity contribution < 1.29 is 9.90 Å². The summed E-state index contributed by atoms with van der Waals surface area (Å²) in [6.07, 6.45) is 2.00. The highest BCUT2D eigenvalue weighted by atomic mass is 16.3. The van der Waals surface area contributed by atoms with Crippen molar-refractivity contribution in [2.45, 2.75) is 44.7 Å². The largest absolute Gasteiger partial charge is 0.395 e. The molecule has 2 aromatic rings. The van der Waals surface area contributed by atoms with Gasteiger partial charge >= 0.3 is 6.03 Å². The lowest BCUT2D eigenvalue weighted by atomic mass is 9.74. The quantitative estimate of drug-likeness (QED) is 0.718. The molecule has 32 heavy (non-hydrogen) atoms. The minimum Gasteiger partial charge on any atom is -0.395 e. The molecule has 0 aliphatic carbocycles. The lowest BCUT2D eigenvalue weighted by Gasteiger charge is -2.57. The first-order valence-corrected chi connectivity index (χ1v) is 11.7. The molecule has 168 valence electrons. The van der Waals surface area contributed by atoms with Gasteiger partial charge in [0.1, 0.15) is 0 Å². The summed E-state index contributed by atoms with van der Waals surface area (Å²) in [5.41, 5.74) is 3.04. The molecule has 0 unspecified atom stereocenters. The number of hydrogen-bond acceptors (Lipinski definition) is 3.